The lowest BCUT2D eigenvalue weighted by atomic mass is 9.77. The van der Waals surface area contributed by atoms with Gasteiger partial charge in [0.15, 0.2) is 5.82 Å². The van der Waals surface area contributed by atoms with Crippen LogP contribution >= 0.6 is 0 Å². The molecule has 0 aromatic carbocycles. The zero-order chi connectivity index (χ0) is 14.6. The molecule has 0 unspecified atom stereocenters. The number of carbonyl (C=O) groups excluding carboxylic acids is 1. The van der Waals surface area contributed by atoms with E-state index in [0.29, 0.717) is 24.4 Å². The molecule has 6 heteroatoms. The number of carboxylic acid groups (broad SMARTS) is 1. The third-order valence-electron chi connectivity index (χ3n) is 3.91. The molecule has 1 heterocycles. The number of nitrogens with zero attached hydrogens (tertiary/aromatic N) is 1. The van der Waals surface area contributed by atoms with Crippen molar-refractivity contribution >= 4 is 17.7 Å². The molecule has 0 saturated heterocycles. The third-order valence-corrected chi connectivity index (χ3v) is 3.91. The second-order valence-corrected chi connectivity index (χ2v) is 5.55. The molecule has 2 rings (SSSR count). The van der Waals surface area contributed by atoms with Crippen LogP contribution in [0.1, 0.15) is 50.7 Å². The summed E-state index contributed by atoms with van der Waals surface area (Å²) >= 11 is 0. The Bertz CT molecular complexity index is 487. The second kappa shape index (κ2) is 6.07. The average Bonchev–Trinajstić information content (AvgIpc) is 2.64. The zero-order valence-electron chi connectivity index (χ0n) is 11.6. The monoisotopic (exact) mass is 280 g/mol. The van der Waals surface area contributed by atoms with E-state index >= 15 is 0 Å². The highest BCUT2D eigenvalue weighted by molar-refractivity contribution is 5.93. The van der Waals surface area contributed by atoms with Crippen LogP contribution in [-0.2, 0) is 9.59 Å². The van der Waals surface area contributed by atoms with Crippen molar-refractivity contribution < 1.29 is 19.2 Å². The first kappa shape index (κ1) is 14.6. The quantitative estimate of drug-likeness (QED) is 0.827. The fraction of sp³-hybridized carbons (Fsp3) is 0.643. The summed E-state index contributed by atoms with van der Waals surface area (Å²) in [6.45, 7) is 1.73. The largest absolute Gasteiger partial charge is 0.481 e. The number of carboxylic acids is 1. The Balaban J connectivity index is 2.03. The maximum atomic E-state index is 12.1. The number of aromatic nitrogens is 1. The molecular weight excluding hydrogens is 260 g/mol. The second-order valence-electron chi connectivity index (χ2n) is 5.55. The predicted octanol–water partition coefficient (Wildman–Crippen LogP) is 2.74. The van der Waals surface area contributed by atoms with Gasteiger partial charge in [-0.3, -0.25) is 9.59 Å². The van der Waals surface area contributed by atoms with E-state index in [1.807, 2.05) is 0 Å². The van der Waals surface area contributed by atoms with Gasteiger partial charge in [-0.15, -0.1) is 0 Å². The highest BCUT2D eigenvalue weighted by atomic mass is 16.5. The molecule has 1 amide bonds. The highest BCUT2D eigenvalue weighted by Gasteiger charge is 2.40. The number of nitrogens with one attached hydrogen (secondary N) is 1. The molecule has 1 aliphatic carbocycles. The highest BCUT2D eigenvalue weighted by Crippen LogP contribution is 2.38. The molecule has 20 heavy (non-hydrogen) atoms. The third kappa shape index (κ3) is 3.37. The Kier molecular flexibility index (Phi) is 4.42. The maximum Gasteiger partial charge on any atom is 0.310 e. The van der Waals surface area contributed by atoms with Gasteiger partial charge >= 0.3 is 5.97 Å². The van der Waals surface area contributed by atoms with E-state index in [4.69, 9.17) is 4.52 Å². The summed E-state index contributed by atoms with van der Waals surface area (Å²) in [5, 5.41) is 15.8. The van der Waals surface area contributed by atoms with Crippen LogP contribution in [0.25, 0.3) is 0 Å². The zero-order valence-corrected chi connectivity index (χ0v) is 11.6. The average molecular weight is 280 g/mol. The Hall–Kier alpha value is -1.85. The Labute approximate surface area is 117 Å². The standard InChI is InChI=1S/C14H20N2O4/c1-10-8-11(16-20-10)15-12(17)9-14(13(18)19)6-4-2-3-5-7-14/h8H,2-7,9H2,1H3,(H,18,19)(H,15,16,17). The minimum atomic E-state index is -0.931. The molecule has 1 aromatic rings. The minimum Gasteiger partial charge on any atom is -0.481 e. The van der Waals surface area contributed by atoms with Gasteiger partial charge in [-0.1, -0.05) is 30.8 Å². The molecule has 2 N–H and O–H groups in total. The van der Waals surface area contributed by atoms with Crippen LogP contribution in [0.15, 0.2) is 10.6 Å². The van der Waals surface area contributed by atoms with Crippen LogP contribution in [0.2, 0.25) is 0 Å². The molecule has 0 bridgehead atoms. The van der Waals surface area contributed by atoms with E-state index < -0.39 is 11.4 Å². The first-order valence-corrected chi connectivity index (χ1v) is 6.98. The van der Waals surface area contributed by atoms with Crippen LogP contribution in [-0.4, -0.2) is 22.1 Å². The lowest BCUT2D eigenvalue weighted by molar-refractivity contribution is -0.152. The van der Waals surface area contributed by atoms with Crippen LogP contribution in [0.3, 0.4) is 0 Å². The fourth-order valence-electron chi connectivity index (χ4n) is 2.79. The predicted molar refractivity (Wildman–Crippen MR) is 72.3 cm³/mol. The number of anilines is 1. The number of amides is 1. The van der Waals surface area contributed by atoms with E-state index in [-0.39, 0.29) is 12.3 Å². The van der Waals surface area contributed by atoms with Crippen molar-refractivity contribution in [2.75, 3.05) is 5.32 Å². The first-order chi connectivity index (χ1) is 9.52. The van der Waals surface area contributed by atoms with Crippen molar-refractivity contribution in [3.05, 3.63) is 11.8 Å². The number of aryl methyl sites for hydroxylation is 1. The van der Waals surface area contributed by atoms with Gasteiger partial charge in [0.25, 0.3) is 0 Å². The summed E-state index contributed by atoms with van der Waals surface area (Å²) < 4.78 is 4.87. The van der Waals surface area contributed by atoms with E-state index in [1.165, 1.54) is 0 Å². The summed E-state index contributed by atoms with van der Waals surface area (Å²) in [4.78, 5) is 23.7. The van der Waals surface area contributed by atoms with Crippen LogP contribution in [0, 0.1) is 12.3 Å². The van der Waals surface area contributed by atoms with Crippen molar-refractivity contribution in [2.24, 2.45) is 5.41 Å². The van der Waals surface area contributed by atoms with Gasteiger partial charge in [0.2, 0.25) is 5.91 Å². The van der Waals surface area contributed by atoms with Crippen molar-refractivity contribution in [2.45, 2.75) is 51.9 Å². The van der Waals surface area contributed by atoms with Gasteiger partial charge in [-0.2, -0.15) is 0 Å². The summed E-state index contributed by atoms with van der Waals surface area (Å²) in [7, 11) is 0. The lowest BCUT2D eigenvalue weighted by Crippen LogP contribution is -2.35. The minimum absolute atomic E-state index is 0.00571. The van der Waals surface area contributed by atoms with Crippen LogP contribution in [0.4, 0.5) is 5.82 Å². The number of carbonyl (C=O) groups is 2. The van der Waals surface area contributed by atoms with Gasteiger partial charge in [-0.25, -0.2) is 0 Å². The van der Waals surface area contributed by atoms with E-state index in [0.717, 1.165) is 25.7 Å². The lowest BCUT2D eigenvalue weighted by Gasteiger charge is -2.27. The molecular formula is C14H20N2O4. The molecule has 1 aromatic heterocycles. The summed E-state index contributed by atoms with van der Waals surface area (Å²) in [5.74, 6) is -0.252. The van der Waals surface area contributed by atoms with Crippen LogP contribution in [0.5, 0.6) is 0 Å². The first-order valence-electron chi connectivity index (χ1n) is 6.98. The number of rotatable bonds is 4. The van der Waals surface area contributed by atoms with Gasteiger partial charge in [0, 0.05) is 12.5 Å². The molecule has 0 radical (unpaired) electrons. The number of hydrogen-bond donors (Lipinski definition) is 2. The normalized spacial score (nSPS) is 18.2. The van der Waals surface area contributed by atoms with E-state index in [2.05, 4.69) is 10.5 Å². The Morgan fingerprint density at radius 3 is 2.50 bits per heavy atom. The van der Waals surface area contributed by atoms with Gasteiger partial charge in [0.05, 0.1) is 5.41 Å². The summed E-state index contributed by atoms with van der Waals surface area (Å²) in [6.07, 6.45) is 4.93. The fourth-order valence-corrected chi connectivity index (χ4v) is 2.79. The maximum absolute atomic E-state index is 12.1. The SMILES string of the molecule is Cc1cc(NC(=O)CC2(C(=O)O)CCCCCC2)no1. The molecule has 0 spiro atoms. The Morgan fingerprint density at radius 1 is 1.35 bits per heavy atom. The Morgan fingerprint density at radius 2 is 2.00 bits per heavy atom. The van der Waals surface area contributed by atoms with E-state index in [1.54, 1.807) is 13.0 Å². The smallest absolute Gasteiger partial charge is 0.310 e. The molecule has 1 fully saturated rings. The summed E-state index contributed by atoms with van der Waals surface area (Å²) in [5.41, 5.74) is -0.931. The van der Waals surface area contributed by atoms with Gasteiger partial charge < -0.3 is 14.9 Å². The topological polar surface area (TPSA) is 92.4 Å². The van der Waals surface area contributed by atoms with E-state index in [9.17, 15) is 14.7 Å². The van der Waals surface area contributed by atoms with Crippen molar-refractivity contribution in [1.29, 1.82) is 0 Å². The summed E-state index contributed by atoms with van der Waals surface area (Å²) in [6, 6.07) is 1.61. The molecule has 110 valence electrons. The number of hydrogen-bond acceptors (Lipinski definition) is 4. The molecule has 0 aliphatic heterocycles. The number of aliphatic carboxylic acids is 1. The van der Waals surface area contributed by atoms with Crippen molar-refractivity contribution in [3.63, 3.8) is 0 Å². The molecule has 0 atom stereocenters. The molecule has 1 aliphatic rings. The van der Waals surface area contributed by atoms with Gasteiger partial charge in [-0.05, 0) is 19.8 Å². The van der Waals surface area contributed by atoms with Crippen LogP contribution < -0.4 is 5.32 Å². The van der Waals surface area contributed by atoms with Gasteiger partial charge in [0.1, 0.15) is 5.76 Å². The van der Waals surface area contributed by atoms with Crippen molar-refractivity contribution in [1.82, 2.24) is 5.16 Å². The van der Waals surface area contributed by atoms with Crippen molar-refractivity contribution in [3.8, 4) is 0 Å². The molecule has 1 saturated carbocycles. The molecule has 6 nitrogen and oxygen atoms in total.